The summed E-state index contributed by atoms with van der Waals surface area (Å²) in [5.41, 5.74) is 4.65. The van der Waals surface area contributed by atoms with Gasteiger partial charge in [-0.25, -0.2) is 0 Å². The van der Waals surface area contributed by atoms with Gasteiger partial charge in [0.1, 0.15) is 13.2 Å². The second-order valence-corrected chi connectivity index (χ2v) is 5.29. The molecule has 0 spiro atoms. The summed E-state index contributed by atoms with van der Waals surface area (Å²) in [4.78, 5) is 36.8. The summed E-state index contributed by atoms with van der Waals surface area (Å²) < 4.78 is 5.14. The SMILES string of the molecule is C[C@]1(C(N)=O)NCCN(CC(=O)OCc2ccccc2)C1=O. The maximum absolute atomic E-state index is 12.3. The fourth-order valence-corrected chi connectivity index (χ4v) is 2.22. The summed E-state index contributed by atoms with van der Waals surface area (Å²) in [5.74, 6) is -1.80. The third-order valence-corrected chi connectivity index (χ3v) is 3.63. The molecule has 1 aliphatic heterocycles. The van der Waals surface area contributed by atoms with Gasteiger partial charge in [-0.15, -0.1) is 0 Å². The standard InChI is InChI=1S/C15H19N3O4/c1-15(13(16)20)14(21)18(8-7-17-15)9-12(19)22-10-11-5-3-2-4-6-11/h2-6,17H,7-10H2,1H3,(H2,16,20)/t15-/m1/s1. The van der Waals surface area contributed by atoms with Gasteiger partial charge < -0.3 is 15.4 Å². The van der Waals surface area contributed by atoms with Crippen LogP contribution in [0.25, 0.3) is 0 Å². The molecule has 1 fully saturated rings. The van der Waals surface area contributed by atoms with E-state index in [1.165, 1.54) is 11.8 Å². The number of nitrogens with zero attached hydrogens (tertiary/aromatic N) is 1. The van der Waals surface area contributed by atoms with Gasteiger partial charge in [-0.05, 0) is 12.5 Å². The molecule has 118 valence electrons. The monoisotopic (exact) mass is 305 g/mol. The lowest BCUT2D eigenvalue weighted by molar-refractivity contribution is -0.156. The molecule has 0 radical (unpaired) electrons. The molecule has 0 unspecified atom stereocenters. The number of hydrogen-bond acceptors (Lipinski definition) is 5. The predicted octanol–water partition coefficient (Wildman–Crippen LogP) is -0.594. The number of carbonyl (C=O) groups is 3. The Morgan fingerprint density at radius 2 is 2.05 bits per heavy atom. The van der Waals surface area contributed by atoms with Crippen molar-refractivity contribution >= 4 is 17.8 Å². The number of carbonyl (C=O) groups excluding carboxylic acids is 3. The predicted molar refractivity (Wildman–Crippen MR) is 78.4 cm³/mol. The zero-order valence-electron chi connectivity index (χ0n) is 12.4. The molecular formula is C15H19N3O4. The average Bonchev–Trinajstić information content (AvgIpc) is 2.51. The van der Waals surface area contributed by atoms with Gasteiger partial charge in [-0.1, -0.05) is 30.3 Å². The van der Waals surface area contributed by atoms with Crippen molar-refractivity contribution in [3.8, 4) is 0 Å². The van der Waals surface area contributed by atoms with E-state index in [-0.39, 0.29) is 13.2 Å². The molecule has 1 aromatic rings. The molecule has 0 aliphatic carbocycles. The Balaban J connectivity index is 1.91. The fraction of sp³-hybridized carbons (Fsp3) is 0.400. The van der Waals surface area contributed by atoms with E-state index in [1.807, 2.05) is 30.3 Å². The Bertz CT molecular complexity index is 575. The van der Waals surface area contributed by atoms with Gasteiger partial charge in [0.05, 0.1) is 0 Å². The number of hydrogen-bond donors (Lipinski definition) is 2. The first-order valence-corrected chi connectivity index (χ1v) is 6.97. The Kier molecular flexibility index (Phi) is 4.77. The maximum atomic E-state index is 12.3. The van der Waals surface area contributed by atoms with E-state index in [2.05, 4.69) is 5.32 Å². The van der Waals surface area contributed by atoms with Gasteiger partial charge in [0.25, 0.3) is 5.91 Å². The summed E-state index contributed by atoms with van der Waals surface area (Å²) in [6, 6.07) is 9.25. The fourth-order valence-electron chi connectivity index (χ4n) is 2.22. The number of primary amides is 1. The molecule has 22 heavy (non-hydrogen) atoms. The first kappa shape index (κ1) is 16.0. The van der Waals surface area contributed by atoms with Crippen molar-refractivity contribution in [1.82, 2.24) is 10.2 Å². The van der Waals surface area contributed by atoms with Crippen LogP contribution in [0, 0.1) is 0 Å². The molecule has 1 aromatic carbocycles. The van der Waals surface area contributed by atoms with Crippen LogP contribution in [0.5, 0.6) is 0 Å². The third kappa shape index (κ3) is 3.43. The third-order valence-electron chi connectivity index (χ3n) is 3.63. The lowest BCUT2D eigenvalue weighted by Crippen LogP contribution is -2.68. The minimum atomic E-state index is -1.47. The highest BCUT2D eigenvalue weighted by Crippen LogP contribution is 2.13. The summed E-state index contributed by atoms with van der Waals surface area (Å²) in [5, 5.41) is 2.79. The molecule has 1 atom stereocenters. The molecule has 1 heterocycles. The van der Waals surface area contributed by atoms with E-state index in [0.29, 0.717) is 13.1 Å². The summed E-state index contributed by atoms with van der Waals surface area (Å²) in [6.45, 7) is 2.07. The van der Waals surface area contributed by atoms with Gasteiger partial charge in [-0.3, -0.25) is 19.7 Å². The van der Waals surface area contributed by atoms with Crippen molar-refractivity contribution < 1.29 is 19.1 Å². The van der Waals surface area contributed by atoms with Crippen molar-refractivity contribution in [1.29, 1.82) is 0 Å². The molecule has 3 N–H and O–H groups in total. The van der Waals surface area contributed by atoms with Gasteiger partial charge in [0.2, 0.25) is 5.91 Å². The second kappa shape index (κ2) is 6.57. The van der Waals surface area contributed by atoms with Crippen LogP contribution in [0.3, 0.4) is 0 Å². The van der Waals surface area contributed by atoms with E-state index >= 15 is 0 Å². The maximum Gasteiger partial charge on any atom is 0.325 e. The topological polar surface area (TPSA) is 102 Å². The zero-order valence-corrected chi connectivity index (χ0v) is 12.4. The number of esters is 1. The highest BCUT2D eigenvalue weighted by Gasteiger charge is 2.45. The largest absolute Gasteiger partial charge is 0.459 e. The Morgan fingerprint density at radius 1 is 1.36 bits per heavy atom. The van der Waals surface area contributed by atoms with Crippen LogP contribution in [0.15, 0.2) is 30.3 Å². The molecule has 0 aromatic heterocycles. The Hall–Kier alpha value is -2.41. The zero-order chi connectivity index (χ0) is 16.2. The van der Waals surface area contributed by atoms with Crippen molar-refractivity contribution in [3.63, 3.8) is 0 Å². The van der Waals surface area contributed by atoms with Gasteiger partial charge >= 0.3 is 5.97 Å². The average molecular weight is 305 g/mol. The van der Waals surface area contributed by atoms with Crippen LogP contribution in [-0.4, -0.2) is 47.9 Å². The second-order valence-electron chi connectivity index (χ2n) is 5.29. The molecule has 2 rings (SSSR count). The van der Waals surface area contributed by atoms with Crippen LogP contribution >= 0.6 is 0 Å². The highest BCUT2D eigenvalue weighted by molar-refractivity contribution is 6.09. The Labute approximate surface area is 128 Å². The molecule has 0 bridgehead atoms. The minimum absolute atomic E-state index is 0.146. The van der Waals surface area contributed by atoms with Gasteiger partial charge in [0.15, 0.2) is 5.54 Å². The molecule has 0 saturated carbocycles. The Morgan fingerprint density at radius 3 is 2.68 bits per heavy atom. The van der Waals surface area contributed by atoms with E-state index in [4.69, 9.17) is 10.5 Å². The van der Waals surface area contributed by atoms with Crippen LogP contribution in [0.1, 0.15) is 12.5 Å². The van der Waals surface area contributed by atoms with E-state index in [0.717, 1.165) is 5.56 Å². The van der Waals surface area contributed by atoms with Crippen LogP contribution < -0.4 is 11.1 Å². The number of benzene rings is 1. The van der Waals surface area contributed by atoms with Gasteiger partial charge in [0, 0.05) is 13.1 Å². The summed E-state index contributed by atoms with van der Waals surface area (Å²) >= 11 is 0. The van der Waals surface area contributed by atoms with Crippen LogP contribution in [0.2, 0.25) is 0 Å². The number of nitrogens with one attached hydrogen (secondary N) is 1. The summed E-state index contributed by atoms with van der Waals surface area (Å²) in [7, 11) is 0. The first-order chi connectivity index (χ1) is 10.4. The smallest absolute Gasteiger partial charge is 0.325 e. The quantitative estimate of drug-likeness (QED) is 0.559. The molecule has 7 nitrogen and oxygen atoms in total. The number of piperazine rings is 1. The first-order valence-electron chi connectivity index (χ1n) is 6.97. The van der Waals surface area contributed by atoms with Gasteiger partial charge in [-0.2, -0.15) is 0 Å². The summed E-state index contributed by atoms with van der Waals surface area (Å²) in [6.07, 6.45) is 0. The minimum Gasteiger partial charge on any atom is -0.459 e. The lowest BCUT2D eigenvalue weighted by Gasteiger charge is -2.37. The number of ether oxygens (including phenoxy) is 1. The normalized spacial score (nSPS) is 21.5. The van der Waals surface area contributed by atoms with Crippen molar-refractivity contribution in [3.05, 3.63) is 35.9 Å². The number of rotatable bonds is 5. The van der Waals surface area contributed by atoms with Crippen molar-refractivity contribution in [2.45, 2.75) is 19.1 Å². The molecule has 1 aliphatic rings. The van der Waals surface area contributed by atoms with Crippen molar-refractivity contribution in [2.75, 3.05) is 19.6 Å². The van der Waals surface area contributed by atoms with Crippen LogP contribution in [0.4, 0.5) is 0 Å². The van der Waals surface area contributed by atoms with E-state index in [9.17, 15) is 14.4 Å². The van der Waals surface area contributed by atoms with E-state index in [1.54, 1.807) is 0 Å². The molecule has 2 amide bonds. The molecule has 1 saturated heterocycles. The van der Waals surface area contributed by atoms with E-state index < -0.39 is 23.3 Å². The highest BCUT2D eigenvalue weighted by atomic mass is 16.5. The molecular weight excluding hydrogens is 286 g/mol. The number of amides is 2. The van der Waals surface area contributed by atoms with Crippen LogP contribution in [-0.2, 0) is 25.7 Å². The molecule has 7 heteroatoms. The number of nitrogens with two attached hydrogens (primary N) is 1. The van der Waals surface area contributed by atoms with Crippen molar-refractivity contribution in [2.24, 2.45) is 5.73 Å². The lowest BCUT2D eigenvalue weighted by atomic mass is 9.97.